The Morgan fingerprint density at radius 3 is 2.50 bits per heavy atom. The highest BCUT2D eigenvalue weighted by atomic mass is 16.5. The second-order valence-electron chi connectivity index (χ2n) is 4.37. The number of ether oxygens (including phenoxy) is 2. The molecular weight excluding hydrogens is 230 g/mol. The summed E-state index contributed by atoms with van der Waals surface area (Å²) < 4.78 is 10.3. The maximum absolute atomic E-state index is 12.0. The standard InChI is InChI=1S/C14H21NO3/c1-10(9-15)4-6-12(16)11-5-7-13(17-2)14(8-11)18-3/h5,7-8,10H,4,6,9,15H2,1-3H3. The lowest BCUT2D eigenvalue weighted by molar-refractivity contribution is 0.0974. The summed E-state index contributed by atoms with van der Waals surface area (Å²) >= 11 is 0. The topological polar surface area (TPSA) is 61.5 Å². The number of hydrogen-bond donors (Lipinski definition) is 1. The summed E-state index contributed by atoms with van der Waals surface area (Å²) in [5.74, 6) is 1.69. The van der Waals surface area contributed by atoms with Gasteiger partial charge in [-0.1, -0.05) is 6.92 Å². The minimum absolute atomic E-state index is 0.108. The third-order valence-corrected chi connectivity index (χ3v) is 2.97. The van der Waals surface area contributed by atoms with Gasteiger partial charge in [0.1, 0.15) is 0 Å². The molecule has 0 amide bonds. The molecule has 1 aromatic rings. The lowest BCUT2D eigenvalue weighted by Gasteiger charge is -2.10. The molecule has 18 heavy (non-hydrogen) atoms. The van der Waals surface area contributed by atoms with Crippen LogP contribution in [0.5, 0.6) is 11.5 Å². The van der Waals surface area contributed by atoms with Crippen LogP contribution < -0.4 is 15.2 Å². The van der Waals surface area contributed by atoms with Crippen molar-refractivity contribution in [2.24, 2.45) is 11.7 Å². The van der Waals surface area contributed by atoms with Gasteiger partial charge in [0.2, 0.25) is 0 Å². The molecule has 0 radical (unpaired) electrons. The number of rotatable bonds is 7. The molecule has 1 atom stereocenters. The molecule has 0 aromatic heterocycles. The van der Waals surface area contributed by atoms with Crippen molar-refractivity contribution in [1.82, 2.24) is 0 Å². The van der Waals surface area contributed by atoms with Gasteiger partial charge in [0.25, 0.3) is 0 Å². The fourth-order valence-electron chi connectivity index (χ4n) is 1.65. The van der Waals surface area contributed by atoms with Crippen LogP contribution in [0.1, 0.15) is 30.1 Å². The second kappa shape index (κ2) is 7.01. The summed E-state index contributed by atoms with van der Waals surface area (Å²) in [5, 5.41) is 0. The number of benzene rings is 1. The van der Waals surface area contributed by atoms with E-state index in [1.165, 1.54) is 0 Å². The molecule has 1 rings (SSSR count). The fourth-order valence-corrected chi connectivity index (χ4v) is 1.65. The van der Waals surface area contributed by atoms with Gasteiger partial charge in [0.15, 0.2) is 17.3 Å². The SMILES string of the molecule is COc1ccc(C(=O)CCC(C)CN)cc1OC. The molecule has 2 N–H and O–H groups in total. The van der Waals surface area contributed by atoms with Crippen LogP contribution >= 0.6 is 0 Å². The Labute approximate surface area is 108 Å². The zero-order valence-electron chi connectivity index (χ0n) is 11.2. The Hall–Kier alpha value is -1.55. The molecule has 4 heteroatoms. The molecule has 1 aromatic carbocycles. The van der Waals surface area contributed by atoms with E-state index in [-0.39, 0.29) is 5.78 Å². The van der Waals surface area contributed by atoms with Crippen LogP contribution in [0, 0.1) is 5.92 Å². The Morgan fingerprint density at radius 1 is 1.28 bits per heavy atom. The third-order valence-electron chi connectivity index (χ3n) is 2.97. The van der Waals surface area contributed by atoms with E-state index >= 15 is 0 Å². The van der Waals surface area contributed by atoms with E-state index in [2.05, 4.69) is 0 Å². The van der Waals surface area contributed by atoms with Crippen molar-refractivity contribution in [1.29, 1.82) is 0 Å². The highest BCUT2D eigenvalue weighted by Crippen LogP contribution is 2.28. The summed E-state index contributed by atoms with van der Waals surface area (Å²) in [4.78, 5) is 12.0. The molecule has 0 saturated heterocycles. The third kappa shape index (κ3) is 3.74. The van der Waals surface area contributed by atoms with E-state index in [4.69, 9.17) is 15.2 Å². The summed E-state index contributed by atoms with van der Waals surface area (Å²) in [6.45, 7) is 2.65. The Kier molecular flexibility index (Phi) is 5.65. The van der Waals surface area contributed by atoms with E-state index < -0.39 is 0 Å². The molecule has 0 saturated carbocycles. The molecule has 0 bridgehead atoms. The van der Waals surface area contributed by atoms with Gasteiger partial charge in [0.05, 0.1) is 14.2 Å². The van der Waals surface area contributed by atoms with Crippen molar-refractivity contribution < 1.29 is 14.3 Å². The molecule has 0 spiro atoms. The van der Waals surface area contributed by atoms with E-state index in [0.29, 0.717) is 35.9 Å². The van der Waals surface area contributed by atoms with Crippen molar-refractivity contribution in [2.75, 3.05) is 20.8 Å². The van der Waals surface area contributed by atoms with Gasteiger partial charge in [-0.25, -0.2) is 0 Å². The lowest BCUT2D eigenvalue weighted by Crippen LogP contribution is -2.12. The quantitative estimate of drug-likeness (QED) is 0.755. The Balaban J connectivity index is 2.74. The van der Waals surface area contributed by atoms with Crippen LogP contribution in [0.4, 0.5) is 0 Å². The number of carbonyl (C=O) groups is 1. The molecule has 0 aliphatic rings. The minimum atomic E-state index is 0.108. The first-order valence-electron chi connectivity index (χ1n) is 6.07. The van der Waals surface area contributed by atoms with Gasteiger partial charge in [0, 0.05) is 12.0 Å². The first-order valence-corrected chi connectivity index (χ1v) is 6.07. The summed E-state index contributed by atoms with van der Waals surface area (Å²) in [6, 6.07) is 5.23. The normalized spacial score (nSPS) is 12.0. The molecule has 0 heterocycles. The number of methoxy groups -OCH3 is 2. The van der Waals surface area contributed by atoms with Gasteiger partial charge in [-0.3, -0.25) is 4.79 Å². The zero-order chi connectivity index (χ0) is 13.5. The first kappa shape index (κ1) is 14.5. The van der Waals surface area contributed by atoms with Crippen LogP contribution in [-0.4, -0.2) is 26.5 Å². The van der Waals surface area contributed by atoms with Gasteiger partial charge < -0.3 is 15.2 Å². The van der Waals surface area contributed by atoms with Crippen molar-refractivity contribution in [2.45, 2.75) is 19.8 Å². The maximum Gasteiger partial charge on any atom is 0.163 e. The second-order valence-corrected chi connectivity index (χ2v) is 4.37. The molecule has 0 aliphatic heterocycles. The van der Waals surface area contributed by atoms with Crippen LogP contribution in [0.25, 0.3) is 0 Å². The number of nitrogens with two attached hydrogens (primary N) is 1. The summed E-state index contributed by atoms with van der Waals surface area (Å²) in [7, 11) is 3.13. The van der Waals surface area contributed by atoms with Crippen molar-refractivity contribution >= 4 is 5.78 Å². The smallest absolute Gasteiger partial charge is 0.163 e. The number of hydrogen-bond acceptors (Lipinski definition) is 4. The number of Topliss-reactive ketones (excluding diaryl/α,β-unsaturated/α-hetero) is 1. The van der Waals surface area contributed by atoms with E-state index in [9.17, 15) is 4.79 Å². The first-order chi connectivity index (χ1) is 8.62. The van der Waals surface area contributed by atoms with Crippen molar-refractivity contribution in [3.8, 4) is 11.5 Å². The molecule has 1 unspecified atom stereocenters. The average molecular weight is 251 g/mol. The van der Waals surface area contributed by atoms with Crippen LogP contribution in [0.3, 0.4) is 0 Å². The molecule has 0 fully saturated rings. The minimum Gasteiger partial charge on any atom is -0.493 e. The monoisotopic (exact) mass is 251 g/mol. The highest BCUT2D eigenvalue weighted by Gasteiger charge is 2.11. The highest BCUT2D eigenvalue weighted by molar-refractivity contribution is 5.96. The average Bonchev–Trinajstić information content (AvgIpc) is 2.43. The van der Waals surface area contributed by atoms with Crippen LogP contribution in [-0.2, 0) is 0 Å². The zero-order valence-corrected chi connectivity index (χ0v) is 11.2. The van der Waals surface area contributed by atoms with Crippen molar-refractivity contribution in [3.05, 3.63) is 23.8 Å². The molecular formula is C14H21NO3. The molecule has 100 valence electrons. The van der Waals surface area contributed by atoms with E-state index in [1.807, 2.05) is 6.92 Å². The van der Waals surface area contributed by atoms with Gasteiger partial charge in [-0.15, -0.1) is 0 Å². The van der Waals surface area contributed by atoms with E-state index in [1.54, 1.807) is 32.4 Å². The Bertz CT molecular complexity index is 404. The predicted molar refractivity (Wildman–Crippen MR) is 71.3 cm³/mol. The summed E-state index contributed by atoms with van der Waals surface area (Å²) in [5.41, 5.74) is 6.18. The van der Waals surface area contributed by atoms with Crippen LogP contribution in [0.2, 0.25) is 0 Å². The van der Waals surface area contributed by atoms with Gasteiger partial charge in [-0.2, -0.15) is 0 Å². The van der Waals surface area contributed by atoms with Gasteiger partial charge in [-0.05, 0) is 37.1 Å². The van der Waals surface area contributed by atoms with E-state index in [0.717, 1.165) is 6.42 Å². The van der Waals surface area contributed by atoms with Crippen molar-refractivity contribution in [3.63, 3.8) is 0 Å². The number of carbonyl (C=O) groups excluding carboxylic acids is 1. The van der Waals surface area contributed by atoms with Gasteiger partial charge >= 0.3 is 0 Å². The largest absolute Gasteiger partial charge is 0.493 e. The van der Waals surface area contributed by atoms with Crippen LogP contribution in [0.15, 0.2) is 18.2 Å². The predicted octanol–water partition coefficient (Wildman–Crippen LogP) is 2.26. The lowest BCUT2D eigenvalue weighted by atomic mass is 10.00. The summed E-state index contributed by atoms with van der Waals surface area (Å²) in [6.07, 6.45) is 1.32. The Morgan fingerprint density at radius 2 is 1.94 bits per heavy atom. The molecule has 0 aliphatic carbocycles. The number of ketones is 1. The maximum atomic E-state index is 12.0. The fraction of sp³-hybridized carbons (Fsp3) is 0.500. The molecule has 4 nitrogen and oxygen atoms in total.